The number of amides is 6. The van der Waals surface area contributed by atoms with Crippen molar-refractivity contribution in [3.05, 3.63) is 30.1 Å². The van der Waals surface area contributed by atoms with Gasteiger partial charge < -0.3 is 5.32 Å². The number of carbonyl (C=O) groups excluding carboxylic acids is 4. The van der Waals surface area contributed by atoms with E-state index in [0.29, 0.717) is 12.2 Å². The molecule has 9 heteroatoms. The summed E-state index contributed by atoms with van der Waals surface area (Å²) >= 11 is 0. The van der Waals surface area contributed by atoms with Gasteiger partial charge in [-0.25, -0.2) is 14.0 Å². The summed E-state index contributed by atoms with van der Waals surface area (Å²) in [6.07, 6.45) is 0. The lowest BCUT2D eigenvalue weighted by atomic mass is 10.2. The number of hydrogen-bond acceptors (Lipinski definition) is 4. The average Bonchev–Trinajstić information content (AvgIpc) is 3.06. The van der Waals surface area contributed by atoms with Crippen molar-refractivity contribution in [3.8, 4) is 0 Å². The van der Waals surface area contributed by atoms with Crippen LogP contribution in [-0.4, -0.2) is 59.4 Å². The largest absolute Gasteiger partial charge is 0.336 e. The maximum absolute atomic E-state index is 13.0. The second-order valence-electron chi connectivity index (χ2n) is 5.51. The van der Waals surface area contributed by atoms with Crippen LogP contribution in [0, 0.1) is 5.82 Å². The van der Waals surface area contributed by atoms with Gasteiger partial charge in [-0.05, 0) is 31.2 Å². The summed E-state index contributed by atoms with van der Waals surface area (Å²) in [5.41, 5.74) is 0.358. The van der Waals surface area contributed by atoms with Gasteiger partial charge in [0, 0.05) is 18.8 Å². The Bertz CT molecular complexity index is 721. The van der Waals surface area contributed by atoms with Crippen molar-refractivity contribution in [2.75, 3.05) is 24.5 Å². The number of imide groups is 2. The zero-order valence-corrected chi connectivity index (χ0v) is 12.9. The molecule has 2 aliphatic heterocycles. The quantitative estimate of drug-likeness (QED) is 0.817. The molecule has 24 heavy (non-hydrogen) atoms. The molecule has 1 unspecified atom stereocenters. The molecule has 2 fully saturated rings. The van der Waals surface area contributed by atoms with Crippen molar-refractivity contribution in [2.24, 2.45) is 0 Å². The summed E-state index contributed by atoms with van der Waals surface area (Å²) in [7, 11) is 0. The van der Waals surface area contributed by atoms with Crippen molar-refractivity contribution in [3.63, 3.8) is 0 Å². The van der Waals surface area contributed by atoms with Gasteiger partial charge in [0.25, 0.3) is 11.8 Å². The molecule has 8 nitrogen and oxygen atoms in total. The Kier molecular flexibility index (Phi) is 3.92. The lowest BCUT2D eigenvalue weighted by molar-refractivity contribution is -0.135. The lowest BCUT2D eigenvalue weighted by Gasteiger charge is -2.20. The molecule has 2 heterocycles. The van der Waals surface area contributed by atoms with E-state index in [1.807, 2.05) is 0 Å². The Hall–Kier alpha value is -2.97. The van der Waals surface area contributed by atoms with E-state index in [1.165, 1.54) is 36.1 Å². The van der Waals surface area contributed by atoms with E-state index in [4.69, 9.17) is 0 Å². The van der Waals surface area contributed by atoms with Crippen molar-refractivity contribution < 1.29 is 23.6 Å². The van der Waals surface area contributed by atoms with Crippen molar-refractivity contribution in [1.29, 1.82) is 0 Å². The van der Waals surface area contributed by atoms with Gasteiger partial charge in [-0.1, -0.05) is 0 Å². The Balaban J connectivity index is 1.79. The van der Waals surface area contributed by atoms with Gasteiger partial charge in [0.05, 0.1) is 0 Å². The molecule has 1 aromatic rings. The smallest absolute Gasteiger partial charge is 0.332 e. The van der Waals surface area contributed by atoms with Crippen LogP contribution in [0.3, 0.4) is 0 Å². The number of rotatable bonds is 3. The van der Waals surface area contributed by atoms with E-state index in [2.05, 4.69) is 5.32 Å². The van der Waals surface area contributed by atoms with Crippen LogP contribution < -0.4 is 10.2 Å². The van der Waals surface area contributed by atoms with E-state index in [1.54, 1.807) is 0 Å². The van der Waals surface area contributed by atoms with Gasteiger partial charge in [-0.3, -0.25) is 24.3 Å². The minimum atomic E-state index is -0.817. The Morgan fingerprint density at radius 2 is 1.92 bits per heavy atom. The van der Waals surface area contributed by atoms with E-state index < -0.39 is 42.3 Å². The Labute approximate surface area is 136 Å². The monoisotopic (exact) mass is 334 g/mol. The normalized spacial score (nSPS) is 20.8. The third kappa shape index (κ3) is 2.57. The van der Waals surface area contributed by atoms with Gasteiger partial charge in [0.15, 0.2) is 0 Å². The molecular weight excluding hydrogens is 319 g/mol. The summed E-state index contributed by atoms with van der Waals surface area (Å²) in [4.78, 5) is 51.4. The van der Waals surface area contributed by atoms with Crippen LogP contribution in [0.2, 0.25) is 0 Å². The highest BCUT2D eigenvalue weighted by Crippen LogP contribution is 2.26. The average molecular weight is 334 g/mol. The van der Waals surface area contributed by atoms with Gasteiger partial charge in [-0.2, -0.15) is 0 Å². The molecule has 0 aliphatic carbocycles. The van der Waals surface area contributed by atoms with Crippen LogP contribution in [0.25, 0.3) is 0 Å². The van der Waals surface area contributed by atoms with Crippen molar-refractivity contribution in [2.45, 2.75) is 13.0 Å². The minimum Gasteiger partial charge on any atom is -0.336 e. The second-order valence-corrected chi connectivity index (χ2v) is 5.51. The number of benzene rings is 1. The van der Waals surface area contributed by atoms with Gasteiger partial charge >= 0.3 is 12.1 Å². The summed E-state index contributed by atoms with van der Waals surface area (Å²) in [6.45, 7) is 1.56. The van der Waals surface area contributed by atoms with E-state index >= 15 is 0 Å². The first-order chi connectivity index (χ1) is 11.4. The number of urea groups is 2. The summed E-state index contributed by atoms with van der Waals surface area (Å²) in [5.74, 6) is -1.63. The van der Waals surface area contributed by atoms with E-state index in [-0.39, 0.29) is 6.54 Å². The fraction of sp³-hybridized carbons (Fsp3) is 0.333. The molecule has 6 amide bonds. The number of halogens is 1. The number of anilines is 1. The van der Waals surface area contributed by atoms with Crippen LogP contribution >= 0.6 is 0 Å². The molecule has 2 saturated heterocycles. The standard InChI is InChI=1S/C15H15FN4O4/c1-9-13(22)19(8-12(21)18-7-6-17-14(18)23)15(24)20(9)11-4-2-10(16)3-5-11/h2-5,9H,6-8H2,1H3,(H,17,23). The molecule has 3 rings (SSSR count). The highest BCUT2D eigenvalue weighted by molar-refractivity contribution is 6.15. The summed E-state index contributed by atoms with van der Waals surface area (Å²) < 4.78 is 13.0. The van der Waals surface area contributed by atoms with Gasteiger partial charge in [0.2, 0.25) is 0 Å². The number of nitrogens with zero attached hydrogens (tertiary/aromatic N) is 3. The molecule has 0 bridgehead atoms. The summed E-state index contributed by atoms with van der Waals surface area (Å²) in [5, 5.41) is 2.48. The molecule has 1 aromatic carbocycles. The molecular formula is C15H15FN4O4. The lowest BCUT2D eigenvalue weighted by Crippen LogP contribution is -2.44. The van der Waals surface area contributed by atoms with E-state index in [9.17, 15) is 23.6 Å². The Morgan fingerprint density at radius 3 is 2.50 bits per heavy atom. The SMILES string of the molecule is CC1C(=O)N(CC(=O)N2CCNC2=O)C(=O)N1c1ccc(F)cc1. The highest BCUT2D eigenvalue weighted by Gasteiger charge is 2.45. The highest BCUT2D eigenvalue weighted by atomic mass is 19.1. The molecule has 1 atom stereocenters. The molecule has 0 spiro atoms. The molecule has 2 aliphatic rings. The van der Waals surface area contributed by atoms with Crippen molar-refractivity contribution >= 4 is 29.6 Å². The molecule has 0 saturated carbocycles. The Morgan fingerprint density at radius 1 is 1.25 bits per heavy atom. The van der Waals surface area contributed by atoms with Crippen LogP contribution in [0.5, 0.6) is 0 Å². The van der Waals surface area contributed by atoms with Gasteiger partial charge in [0.1, 0.15) is 18.4 Å². The number of nitrogens with one attached hydrogen (secondary N) is 1. The fourth-order valence-corrected chi connectivity index (χ4v) is 2.74. The third-order valence-electron chi connectivity index (χ3n) is 4.00. The van der Waals surface area contributed by atoms with Crippen LogP contribution in [0.4, 0.5) is 19.7 Å². The van der Waals surface area contributed by atoms with Crippen LogP contribution in [0.1, 0.15) is 6.92 Å². The zero-order chi connectivity index (χ0) is 17.4. The van der Waals surface area contributed by atoms with E-state index in [0.717, 1.165) is 9.80 Å². The number of hydrogen-bond donors (Lipinski definition) is 1. The maximum atomic E-state index is 13.0. The first-order valence-corrected chi connectivity index (χ1v) is 7.38. The molecule has 126 valence electrons. The second kappa shape index (κ2) is 5.91. The minimum absolute atomic E-state index is 0.200. The van der Waals surface area contributed by atoms with Gasteiger partial charge in [-0.15, -0.1) is 0 Å². The first kappa shape index (κ1) is 15.9. The molecule has 1 N–H and O–H groups in total. The predicted octanol–water partition coefficient (Wildman–Crippen LogP) is 0.535. The van der Waals surface area contributed by atoms with Crippen LogP contribution in [0.15, 0.2) is 24.3 Å². The first-order valence-electron chi connectivity index (χ1n) is 7.38. The topological polar surface area (TPSA) is 90.0 Å². The number of carbonyl (C=O) groups is 4. The maximum Gasteiger partial charge on any atom is 0.332 e. The molecule has 0 radical (unpaired) electrons. The third-order valence-corrected chi connectivity index (χ3v) is 4.00. The zero-order valence-electron chi connectivity index (χ0n) is 12.9. The predicted molar refractivity (Wildman–Crippen MR) is 80.6 cm³/mol. The fourth-order valence-electron chi connectivity index (χ4n) is 2.74. The summed E-state index contributed by atoms with van der Waals surface area (Å²) in [6, 6.07) is 3.11. The van der Waals surface area contributed by atoms with Crippen molar-refractivity contribution in [1.82, 2.24) is 15.1 Å². The van der Waals surface area contributed by atoms with Crippen LogP contribution in [-0.2, 0) is 9.59 Å². The molecule has 0 aromatic heterocycles.